The van der Waals surface area contributed by atoms with Gasteiger partial charge in [0.25, 0.3) is 0 Å². The number of rotatable bonds is 4. The molecule has 0 saturated carbocycles. The van der Waals surface area contributed by atoms with Gasteiger partial charge in [-0.1, -0.05) is 12.1 Å². The maximum Gasteiger partial charge on any atom is 0.0991 e. The fourth-order valence-corrected chi connectivity index (χ4v) is 3.56. The molecule has 1 aromatic rings. The van der Waals surface area contributed by atoms with Crippen molar-refractivity contribution in [2.24, 2.45) is 0 Å². The highest BCUT2D eigenvalue weighted by molar-refractivity contribution is 5.32. The van der Waals surface area contributed by atoms with E-state index in [2.05, 4.69) is 17.0 Å². The van der Waals surface area contributed by atoms with Crippen molar-refractivity contribution >= 4 is 0 Å². The van der Waals surface area contributed by atoms with Crippen LogP contribution in [0.5, 0.6) is 0 Å². The molecule has 0 N–H and O–H groups in total. The lowest BCUT2D eigenvalue weighted by atomic mass is 9.99. The number of ether oxygens (including phenoxy) is 2. The van der Waals surface area contributed by atoms with Crippen LogP contribution < -0.4 is 0 Å². The van der Waals surface area contributed by atoms with Gasteiger partial charge in [-0.2, -0.15) is 5.26 Å². The molecule has 0 bridgehead atoms. The molecule has 2 saturated heterocycles. The Morgan fingerprint density at radius 3 is 3.10 bits per heavy atom. The zero-order valence-corrected chi connectivity index (χ0v) is 12.5. The monoisotopic (exact) mass is 286 g/mol. The smallest absolute Gasteiger partial charge is 0.0991 e. The average Bonchev–Trinajstić information content (AvgIpc) is 2.90. The first kappa shape index (κ1) is 14.5. The molecule has 21 heavy (non-hydrogen) atoms. The molecule has 4 nitrogen and oxygen atoms in total. The van der Waals surface area contributed by atoms with E-state index in [1.54, 1.807) is 7.11 Å². The largest absolute Gasteiger partial charge is 0.382 e. The molecule has 1 aromatic carbocycles. The third-order valence-corrected chi connectivity index (χ3v) is 4.54. The van der Waals surface area contributed by atoms with E-state index in [-0.39, 0.29) is 6.10 Å². The van der Waals surface area contributed by atoms with E-state index in [1.807, 2.05) is 18.2 Å². The third kappa shape index (κ3) is 3.26. The normalized spacial score (nSPS) is 29.0. The SMILES string of the molecule is COC[C@@H]1CC[C@H]2[C@H](CCN2Cc2cccc(C#N)c2)O1. The van der Waals surface area contributed by atoms with E-state index in [9.17, 15) is 0 Å². The molecule has 2 fully saturated rings. The predicted molar refractivity (Wildman–Crippen MR) is 79.7 cm³/mol. The Morgan fingerprint density at radius 1 is 1.38 bits per heavy atom. The predicted octanol–water partition coefficient (Wildman–Crippen LogP) is 2.33. The summed E-state index contributed by atoms with van der Waals surface area (Å²) in [4.78, 5) is 2.50. The lowest BCUT2D eigenvalue weighted by Crippen LogP contribution is -2.43. The first-order chi connectivity index (χ1) is 10.3. The third-order valence-electron chi connectivity index (χ3n) is 4.54. The topological polar surface area (TPSA) is 45.5 Å². The van der Waals surface area contributed by atoms with Crippen molar-refractivity contribution in [2.75, 3.05) is 20.3 Å². The molecule has 3 rings (SSSR count). The summed E-state index contributed by atoms with van der Waals surface area (Å²) < 4.78 is 11.4. The average molecular weight is 286 g/mol. The van der Waals surface area contributed by atoms with Gasteiger partial charge in [0.2, 0.25) is 0 Å². The number of hydrogen-bond donors (Lipinski definition) is 0. The lowest BCUT2D eigenvalue weighted by Gasteiger charge is -2.35. The fourth-order valence-electron chi connectivity index (χ4n) is 3.56. The fraction of sp³-hybridized carbons (Fsp3) is 0.588. The summed E-state index contributed by atoms with van der Waals surface area (Å²) >= 11 is 0. The van der Waals surface area contributed by atoms with Crippen molar-refractivity contribution in [3.8, 4) is 6.07 Å². The van der Waals surface area contributed by atoms with Crippen LogP contribution >= 0.6 is 0 Å². The van der Waals surface area contributed by atoms with Gasteiger partial charge in [-0.3, -0.25) is 4.90 Å². The van der Waals surface area contributed by atoms with Gasteiger partial charge in [-0.05, 0) is 37.0 Å². The zero-order valence-electron chi connectivity index (χ0n) is 12.5. The lowest BCUT2D eigenvalue weighted by molar-refractivity contribution is -0.0938. The number of methoxy groups -OCH3 is 1. The molecule has 0 amide bonds. The van der Waals surface area contributed by atoms with Gasteiger partial charge in [0.15, 0.2) is 0 Å². The van der Waals surface area contributed by atoms with Crippen LogP contribution in [0.15, 0.2) is 24.3 Å². The van der Waals surface area contributed by atoms with Crippen molar-refractivity contribution in [1.82, 2.24) is 4.90 Å². The number of benzene rings is 1. The Labute approximate surface area is 126 Å². The highest BCUT2D eigenvalue weighted by Gasteiger charge is 2.39. The molecular weight excluding hydrogens is 264 g/mol. The van der Waals surface area contributed by atoms with E-state index in [0.29, 0.717) is 18.8 Å². The van der Waals surface area contributed by atoms with Crippen LogP contribution in [0.2, 0.25) is 0 Å². The maximum absolute atomic E-state index is 8.99. The Hall–Kier alpha value is -1.41. The Kier molecular flexibility index (Phi) is 4.54. The first-order valence-electron chi connectivity index (χ1n) is 7.67. The van der Waals surface area contributed by atoms with E-state index in [0.717, 1.165) is 31.5 Å². The maximum atomic E-state index is 8.99. The van der Waals surface area contributed by atoms with Gasteiger partial charge < -0.3 is 9.47 Å². The highest BCUT2D eigenvalue weighted by Crippen LogP contribution is 2.32. The van der Waals surface area contributed by atoms with E-state index in [1.165, 1.54) is 12.0 Å². The van der Waals surface area contributed by atoms with Gasteiger partial charge in [0, 0.05) is 26.2 Å². The summed E-state index contributed by atoms with van der Waals surface area (Å²) in [5.74, 6) is 0. The number of fused-ring (bicyclic) bond motifs is 1. The van der Waals surface area contributed by atoms with Crippen LogP contribution in [0.25, 0.3) is 0 Å². The molecule has 0 spiro atoms. The Morgan fingerprint density at radius 2 is 2.29 bits per heavy atom. The van der Waals surface area contributed by atoms with Crippen LogP contribution in [0.4, 0.5) is 0 Å². The quantitative estimate of drug-likeness (QED) is 0.852. The number of hydrogen-bond acceptors (Lipinski definition) is 4. The molecule has 0 aliphatic carbocycles. The molecule has 2 heterocycles. The van der Waals surface area contributed by atoms with Gasteiger partial charge in [-0.25, -0.2) is 0 Å². The minimum atomic E-state index is 0.262. The van der Waals surface area contributed by atoms with Crippen LogP contribution in [0, 0.1) is 11.3 Å². The molecule has 3 atom stereocenters. The van der Waals surface area contributed by atoms with Crippen molar-refractivity contribution in [3.05, 3.63) is 35.4 Å². The molecule has 2 aliphatic rings. The minimum absolute atomic E-state index is 0.262. The van der Waals surface area contributed by atoms with E-state index in [4.69, 9.17) is 14.7 Å². The number of nitriles is 1. The standard InChI is InChI=1S/C17H22N2O2/c1-20-12-15-5-6-16-17(21-15)7-8-19(16)11-14-4-2-3-13(9-14)10-18/h2-4,9,15-17H,5-8,11-12H2,1H3/t15-,16-,17-/m0/s1. The molecule has 0 aromatic heterocycles. The van der Waals surface area contributed by atoms with Crippen LogP contribution in [0.3, 0.4) is 0 Å². The van der Waals surface area contributed by atoms with Crippen molar-refractivity contribution < 1.29 is 9.47 Å². The summed E-state index contributed by atoms with van der Waals surface area (Å²) in [6.07, 6.45) is 3.96. The summed E-state index contributed by atoms with van der Waals surface area (Å²) in [5.41, 5.74) is 1.96. The van der Waals surface area contributed by atoms with Crippen molar-refractivity contribution in [3.63, 3.8) is 0 Å². The molecule has 0 unspecified atom stereocenters. The zero-order chi connectivity index (χ0) is 14.7. The van der Waals surface area contributed by atoms with Gasteiger partial charge in [0.05, 0.1) is 30.4 Å². The summed E-state index contributed by atoms with van der Waals surface area (Å²) in [5, 5.41) is 8.99. The van der Waals surface area contributed by atoms with Gasteiger partial charge >= 0.3 is 0 Å². The molecule has 0 radical (unpaired) electrons. The summed E-state index contributed by atoms with van der Waals surface area (Å²) in [7, 11) is 1.73. The van der Waals surface area contributed by atoms with Crippen LogP contribution in [-0.4, -0.2) is 43.4 Å². The summed E-state index contributed by atoms with van der Waals surface area (Å²) in [6, 6.07) is 10.6. The second-order valence-electron chi connectivity index (χ2n) is 5.97. The molecular formula is C17H22N2O2. The van der Waals surface area contributed by atoms with E-state index < -0.39 is 0 Å². The van der Waals surface area contributed by atoms with Gasteiger partial charge in [0.1, 0.15) is 0 Å². The summed E-state index contributed by atoms with van der Waals surface area (Å²) in [6.45, 7) is 2.69. The Bertz CT molecular complexity index is 526. The highest BCUT2D eigenvalue weighted by atomic mass is 16.5. The van der Waals surface area contributed by atoms with Crippen LogP contribution in [0.1, 0.15) is 30.4 Å². The Balaban J connectivity index is 1.62. The molecule has 4 heteroatoms. The van der Waals surface area contributed by atoms with Gasteiger partial charge in [-0.15, -0.1) is 0 Å². The van der Waals surface area contributed by atoms with E-state index >= 15 is 0 Å². The molecule has 112 valence electrons. The van der Waals surface area contributed by atoms with Crippen molar-refractivity contribution in [1.29, 1.82) is 5.26 Å². The van der Waals surface area contributed by atoms with Crippen LogP contribution in [-0.2, 0) is 16.0 Å². The second kappa shape index (κ2) is 6.57. The molecule has 2 aliphatic heterocycles. The van der Waals surface area contributed by atoms with Crippen molar-refractivity contribution in [2.45, 2.75) is 44.1 Å². The minimum Gasteiger partial charge on any atom is -0.382 e. The number of nitrogens with zero attached hydrogens (tertiary/aromatic N) is 2. The first-order valence-corrected chi connectivity index (χ1v) is 7.67. The number of likely N-dealkylation sites (tertiary alicyclic amines) is 1. The second-order valence-corrected chi connectivity index (χ2v) is 5.97.